The predicted octanol–water partition coefficient (Wildman–Crippen LogP) is 2.78. The lowest BCUT2D eigenvalue weighted by Gasteiger charge is -2.37. The van der Waals surface area contributed by atoms with Gasteiger partial charge < -0.3 is 19.1 Å². The molecule has 30 heavy (non-hydrogen) atoms. The summed E-state index contributed by atoms with van der Waals surface area (Å²) in [6.07, 6.45) is 0. The number of esters is 1. The quantitative estimate of drug-likeness (QED) is 0.235. The predicted molar refractivity (Wildman–Crippen MR) is 110 cm³/mol. The summed E-state index contributed by atoms with van der Waals surface area (Å²) in [6.45, 7) is 5.56. The number of para-hydroxylation sites is 1. The van der Waals surface area contributed by atoms with E-state index in [-0.39, 0.29) is 28.9 Å². The Bertz CT molecular complexity index is 1310. The molecular weight excluding hydrogens is 408 g/mol. The van der Waals surface area contributed by atoms with Crippen molar-refractivity contribution in [2.75, 3.05) is 0 Å². The number of aliphatic hydroxyl groups is 1. The first-order valence-electron chi connectivity index (χ1n) is 9.32. The van der Waals surface area contributed by atoms with Gasteiger partial charge in [0.15, 0.2) is 0 Å². The molecule has 0 aliphatic carbocycles. The van der Waals surface area contributed by atoms with Gasteiger partial charge in [0, 0.05) is 16.5 Å². The monoisotopic (exact) mass is 424 g/mol. The maximum atomic E-state index is 13.3. The molecule has 0 amide bonds. The largest absolute Gasteiger partial charge is 0.458 e. The summed E-state index contributed by atoms with van der Waals surface area (Å²) < 4.78 is 12.3. The molecule has 8 heteroatoms. The molecule has 0 spiro atoms. The van der Waals surface area contributed by atoms with Crippen LogP contribution in [0.1, 0.15) is 23.6 Å². The van der Waals surface area contributed by atoms with Crippen LogP contribution in [-0.4, -0.2) is 26.4 Å². The van der Waals surface area contributed by atoms with Crippen LogP contribution in [0.5, 0.6) is 0 Å². The molecule has 0 fully saturated rings. The molecule has 1 aromatic carbocycles. The first kappa shape index (κ1) is 19.0. The van der Waals surface area contributed by atoms with Gasteiger partial charge in [-0.25, -0.2) is 9.78 Å². The summed E-state index contributed by atoms with van der Waals surface area (Å²) in [5.41, 5.74) is 1.50. The number of halogens is 1. The number of hydrogen-bond donors (Lipinski definition) is 1. The second-order valence-corrected chi connectivity index (χ2v) is 7.82. The van der Waals surface area contributed by atoms with E-state index in [4.69, 9.17) is 26.1 Å². The average Bonchev–Trinajstić information content (AvgIpc) is 3.06. The number of aliphatic hydroxyl groups excluding tert-OH is 1. The van der Waals surface area contributed by atoms with Gasteiger partial charge in [0.05, 0.1) is 29.0 Å². The molecule has 2 atom stereocenters. The number of rotatable bonds is 3. The van der Waals surface area contributed by atoms with E-state index in [0.717, 1.165) is 16.5 Å². The summed E-state index contributed by atoms with van der Waals surface area (Å²) in [6, 6.07) is 11.4. The Morgan fingerprint density at radius 3 is 2.87 bits per heavy atom. The second kappa shape index (κ2) is 6.50. The van der Waals surface area contributed by atoms with Crippen LogP contribution in [0, 0.1) is 0 Å². The van der Waals surface area contributed by atoms with Gasteiger partial charge in [0.25, 0.3) is 5.56 Å². The zero-order valence-electron chi connectivity index (χ0n) is 16.0. The molecule has 0 radical (unpaired) electrons. The number of nitrogens with zero attached hydrogens (tertiary/aromatic N) is 2. The third-order valence-corrected chi connectivity index (χ3v) is 5.75. The molecule has 2 aliphatic heterocycles. The van der Waals surface area contributed by atoms with Crippen LogP contribution in [0.3, 0.4) is 0 Å². The van der Waals surface area contributed by atoms with Crippen molar-refractivity contribution in [3.8, 4) is 11.4 Å². The van der Waals surface area contributed by atoms with Crippen LogP contribution in [0.25, 0.3) is 22.3 Å². The Labute approximate surface area is 176 Å². The maximum absolute atomic E-state index is 13.3. The van der Waals surface area contributed by atoms with E-state index in [0.29, 0.717) is 17.9 Å². The molecule has 1 unspecified atom stereocenters. The third kappa shape index (κ3) is 2.49. The fourth-order valence-electron chi connectivity index (χ4n) is 4.28. The summed E-state index contributed by atoms with van der Waals surface area (Å²) >= 11 is 5.67. The topological polar surface area (TPSA) is 90.7 Å². The molecule has 4 heterocycles. The number of fused-ring (bicyclic) bond motifs is 5. The molecular formula is C22H17ClN2O5. The van der Waals surface area contributed by atoms with Crippen molar-refractivity contribution in [2.45, 2.75) is 31.4 Å². The SMILES string of the molecule is C=C(C)[C@@]1(OC(O)Cl)C(=O)OCc2c1cc1n(c2=O)Cc2cc3ccccc3nc2-1. The van der Waals surface area contributed by atoms with E-state index in [1.807, 2.05) is 30.3 Å². The minimum Gasteiger partial charge on any atom is -0.458 e. The van der Waals surface area contributed by atoms with Crippen molar-refractivity contribution in [1.82, 2.24) is 9.55 Å². The van der Waals surface area contributed by atoms with Crippen molar-refractivity contribution < 1.29 is 19.4 Å². The number of benzene rings is 1. The molecule has 1 N–H and O–H groups in total. The van der Waals surface area contributed by atoms with Gasteiger partial charge in [-0.15, -0.1) is 0 Å². The number of aromatic nitrogens is 2. The van der Waals surface area contributed by atoms with Crippen molar-refractivity contribution in [3.05, 3.63) is 75.6 Å². The number of cyclic esters (lactones) is 1. The van der Waals surface area contributed by atoms with Crippen LogP contribution in [-0.2, 0) is 33.0 Å². The van der Waals surface area contributed by atoms with Gasteiger partial charge in [-0.05, 0) is 30.7 Å². The second-order valence-electron chi connectivity index (χ2n) is 7.45. The van der Waals surface area contributed by atoms with E-state index in [2.05, 4.69) is 6.58 Å². The van der Waals surface area contributed by atoms with Crippen molar-refractivity contribution in [1.29, 1.82) is 0 Å². The van der Waals surface area contributed by atoms with E-state index in [9.17, 15) is 14.7 Å². The van der Waals surface area contributed by atoms with E-state index in [1.54, 1.807) is 17.6 Å². The first-order chi connectivity index (χ1) is 14.3. The standard InChI is InChI=1S/C22H17ClN2O5/c1-11(2)22(30-21(23)28)15-8-17-18-13(7-12-5-3-4-6-16(12)24-18)9-25(17)19(26)14(15)10-29-20(22)27/h3-8,21,28H,1,9-10H2,2H3/t21?,22-/m0/s1. The minimum absolute atomic E-state index is 0.199. The normalized spacial score (nSPS) is 20.3. The van der Waals surface area contributed by atoms with Crippen LogP contribution < -0.4 is 5.56 Å². The first-order valence-corrected chi connectivity index (χ1v) is 9.76. The van der Waals surface area contributed by atoms with E-state index >= 15 is 0 Å². The molecule has 0 saturated heterocycles. The van der Waals surface area contributed by atoms with Crippen LogP contribution >= 0.6 is 11.6 Å². The molecule has 0 bridgehead atoms. The molecule has 3 aromatic rings. The fraction of sp³-hybridized carbons (Fsp3) is 0.227. The Kier molecular flexibility index (Phi) is 4.12. The van der Waals surface area contributed by atoms with Gasteiger partial charge in [0.2, 0.25) is 11.4 Å². The van der Waals surface area contributed by atoms with Gasteiger partial charge in [-0.3, -0.25) is 4.79 Å². The van der Waals surface area contributed by atoms with Crippen molar-refractivity contribution in [2.24, 2.45) is 0 Å². The maximum Gasteiger partial charge on any atom is 0.348 e. The van der Waals surface area contributed by atoms with Gasteiger partial charge in [-0.2, -0.15) is 0 Å². The number of carbonyl (C=O) groups is 1. The highest BCUT2D eigenvalue weighted by Gasteiger charge is 2.51. The summed E-state index contributed by atoms with van der Waals surface area (Å²) in [4.78, 5) is 30.9. The van der Waals surface area contributed by atoms with Crippen molar-refractivity contribution in [3.63, 3.8) is 0 Å². The Morgan fingerprint density at radius 2 is 2.13 bits per heavy atom. The molecule has 5 rings (SSSR count). The van der Waals surface area contributed by atoms with Crippen LogP contribution in [0.15, 0.2) is 53.3 Å². The van der Waals surface area contributed by atoms with Crippen LogP contribution in [0.2, 0.25) is 0 Å². The van der Waals surface area contributed by atoms with E-state index < -0.39 is 17.3 Å². The zero-order valence-corrected chi connectivity index (χ0v) is 16.8. The van der Waals surface area contributed by atoms with Crippen molar-refractivity contribution >= 4 is 28.5 Å². The Balaban J connectivity index is 1.81. The lowest BCUT2D eigenvalue weighted by Crippen LogP contribution is -2.48. The summed E-state index contributed by atoms with van der Waals surface area (Å²) in [7, 11) is 0. The minimum atomic E-state index is -1.89. The summed E-state index contributed by atoms with van der Waals surface area (Å²) in [5, 5.41) is 10.7. The highest BCUT2D eigenvalue weighted by molar-refractivity contribution is 6.18. The molecule has 2 aliphatic rings. The Morgan fingerprint density at radius 1 is 1.37 bits per heavy atom. The number of ether oxygens (including phenoxy) is 2. The number of pyridine rings is 2. The average molecular weight is 425 g/mol. The highest BCUT2D eigenvalue weighted by Crippen LogP contribution is 2.43. The molecule has 7 nitrogen and oxygen atoms in total. The number of hydrogen-bond acceptors (Lipinski definition) is 6. The van der Waals surface area contributed by atoms with E-state index in [1.165, 1.54) is 0 Å². The van der Waals surface area contributed by atoms with Gasteiger partial charge >= 0.3 is 5.97 Å². The molecule has 152 valence electrons. The van der Waals surface area contributed by atoms with Gasteiger partial charge in [0.1, 0.15) is 6.61 Å². The van der Waals surface area contributed by atoms with Crippen LogP contribution in [0.4, 0.5) is 0 Å². The number of alkyl halides is 1. The summed E-state index contributed by atoms with van der Waals surface area (Å²) in [5.74, 6) is -2.58. The zero-order chi connectivity index (χ0) is 21.2. The Hall–Kier alpha value is -3.00. The smallest absolute Gasteiger partial charge is 0.348 e. The number of carbonyl (C=O) groups excluding carboxylic acids is 1. The third-order valence-electron chi connectivity index (χ3n) is 5.66. The lowest BCUT2D eigenvalue weighted by molar-refractivity contribution is -0.192. The molecule has 2 aromatic heterocycles. The molecule has 0 saturated carbocycles. The van der Waals surface area contributed by atoms with Gasteiger partial charge in [-0.1, -0.05) is 36.4 Å². The highest BCUT2D eigenvalue weighted by atomic mass is 35.5. The fourth-order valence-corrected chi connectivity index (χ4v) is 4.41. The lowest BCUT2D eigenvalue weighted by atomic mass is 9.83.